The third kappa shape index (κ3) is 9.82. The number of ketones is 1. The van der Waals surface area contributed by atoms with Gasteiger partial charge in [-0.3, -0.25) is 9.00 Å². The van der Waals surface area contributed by atoms with Gasteiger partial charge in [-0.15, -0.1) is 0 Å². The quantitative estimate of drug-likeness (QED) is 0.560. The normalized spacial score (nSPS) is 17.5. The smallest absolute Gasteiger partial charge is 0.132 e. The maximum absolute atomic E-state index is 10.5. The van der Waals surface area contributed by atoms with Gasteiger partial charge in [0.25, 0.3) is 0 Å². The molecule has 66 valence electrons. The van der Waals surface area contributed by atoms with Gasteiger partial charge in [-0.05, 0) is 12.8 Å². The average molecular weight is 176 g/mol. The summed E-state index contributed by atoms with van der Waals surface area (Å²) in [7, 11) is -0.611. The monoisotopic (exact) mass is 176 g/mol. The van der Waals surface area contributed by atoms with E-state index in [1.54, 1.807) is 12.5 Å². The average Bonchev–Trinajstić information content (AvgIpc) is 1.87. The molecule has 11 heavy (non-hydrogen) atoms. The lowest BCUT2D eigenvalue weighted by Crippen LogP contribution is -2.02. The Morgan fingerprint density at radius 3 is 1.64 bits per heavy atom. The summed E-state index contributed by atoms with van der Waals surface area (Å²) < 4.78 is 9.56. The third-order valence-electron chi connectivity index (χ3n) is 1.41. The second kappa shape index (κ2) is 6.53. The molecule has 0 saturated heterocycles. The lowest BCUT2D eigenvalue weighted by molar-refractivity contribution is -0.120. The molecule has 0 spiro atoms. The Kier molecular flexibility index (Phi) is 6.42. The Labute approximate surface area is 70.8 Å². The molecule has 0 aromatic heterocycles. The van der Waals surface area contributed by atoms with Crippen molar-refractivity contribution < 1.29 is 9.00 Å². The third-order valence-corrected chi connectivity index (χ3v) is 1.41. The zero-order chi connectivity index (χ0) is 8.69. The van der Waals surface area contributed by atoms with E-state index in [4.69, 9.17) is 0 Å². The Balaban J connectivity index is 0.000000218. The number of hydrogen-bond acceptors (Lipinski definition) is 2. The SMILES string of the molecule is CS(C)=O.O=C1CCCCC1. The molecule has 1 aliphatic rings. The fourth-order valence-electron chi connectivity index (χ4n) is 0.946. The lowest BCUT2D eigenvalue weighted by atomic mass is 10.00. The van der Waals surface area contributed by atoms with E-state index in [0.29, 0.717) is 5.78 Å². The van der Waals surface area contributed by atoms with Crippen LogP contribution in [0.25, 0.3) is 0 Å². The van der Waals surface area contributed by atoms with Crippen molar-refractivity contribution in [3.05, 3.63) is 0 Å². The van der Waals surface area contributed by atoms with Crippen LogP contribution in [-0.2, 0) is 15.6 Å². The summed E-state index contributed by atoms with van der Waals surface area (Å²) in [6, 6.07) is 0. The van der Waals surface area contributed by atoms with Crippen molar-refractivity contribution in [2.24, 2.45) is 0 Å². The Morgan fingerprint density at radius 1 is 1.09 bits per heavy atom. The highest BCUT2D eigenvalue weighted by Crippen LogP contribution is 2.12. The predicted molar refractivity (Wildman–Crippen MR) is 48.1 cm³/mol. The van der Waals surface area contributed by atoms with E-state index in [1.807, 2.05) is 0 Å². The molecule has 0 aromatic rings. The van der Waals surface area contributed by atoms with Crippen molar-refractivity contribution in [1.29, 1.82) is 0 Å². The summed E-state index contributed by atoms with van der Waals surface area (Å²) in [5, 5.41) is 0. The lowest BCUT2D eigenvalue weighted by Gasteiger charge is -2.05. The first-order valence-electron chi connectivity index (χ1n) is 3.89. The number of hydrogen-bond donors (Lipinski definition) is 0. The van der Waals surface area contributed by atoms with Crippen LogP contribution in [0.2, 0.25) is 0 Å². The highest BCUT2D eigenvalue weighted by Gasteiger charge is 2.05. The van der Waals surface area contributed by atoms with Crippen molar-refractivity contribution in [2.45, 2.75) is 32.1 Å². The zero-order valence-electron chi connectivity index (χ0n) is 7.26. The molecule has 0 heterocycles. The fourth-order valence-corrected chi connectivity index (χ4v) is 0.946. The second-order valence-electron chi connectivity index (χ2n) is 2.84. The molecule has 0 aliphatic heterocycles. The maximum Gasteiger partial charge on any atom is 0.132 e. The van der Waals surface area contributed by atoms with Crippen molar-refractivity contribution in [3.63, 3.8) is 0 Å². The first kappa shape index (κ1) is 10.8. The molecular formula is C8H16O2S. The summed E-state index contributed by atoms with van der Waals surface area (Å²) in [6.07, 6.45) is 8.52. The van der Waals surface area contributed by atoms with Crippen LogP contribution in [0.3, 0.4) is 0 Å². The summed E-state index contributed by atoms with van der Waals surface area (Å²) in [6.45, 7) is 0. The number of Topliss-reactive ketones (excluding diaryl/α,β-unsaturated/α-hetero) is 1. The molecule has 1 saturated carbocycles. The Morgan fingerprint density at radius 2 is 1.45 bits per heavy atom. The van der Waals surface area contributed by atoms with Crippen molar-refractivity contribution in [1.82, 2.24) is 0 Å². The van der Waals surface area contributed by atoms with Gasteiger partial charge in [0.05, 0.1) is 0 Å². The van der Waals surface area contributed by atoms with Gasteiger partial charge in [0.15, 0.2) is 0 Å². The molecule has 0 atom stereocenters. The molecule has 0 aromatic carbocycles. The van der Waals surface area contributed by atoms with Crippen LogP contribution in [-0.4, -0.2) is 22.5 Å². The molecule has 1 rings (SSSR count). The molecule has 0 bridgehead atoms. The number of carbonyl (C=O) groups is 1. The van der Waals surface area contributed by atoms with Crippen LogP contribution in [0, 0.1) is 0 Å². The molecule has 0 amide bonds. The van der Waals surface area contributed by atoms with Gasteiger partial charge in [0, 0.05) is 36.2 Å². The molecule has 2 nitrogen and oxygen atoms in total. The van der Waals surface area contributed by atoms with Crippen molar-refractivity contribution >= 4 is 16.6 Å². The van der Waals surface area contributed by atoms with Crippen LogP contribution in [0.15, 0.2) is 0 Å². The van der Waals surface area contributed by atoms with E-state index in [2.05, 4.69) is 0 Å². The Bertz CT molecular complexity index is 131. The van der Waals surface area contributed by atoms with Crippen molar-refractivity contribution in [2.75, 3.05) is 12.5 Å². The summed E-state index contributed by atoms with van der Waals surface area (Å²) in [4.78, 5) is 10.5. The summed E-state index contributed by atoms with van der Waals surface area (Å²) >= 11 is 0. The largest absolute Gasteiger partial charge is 0.300 e. The number of carbonyl (C=O) groups excluding carboxylic acids is 1. The van der Waals surface area contributed by atoms with Crippen LogP contribution in [0.1, 0.15) is 32.1 Å². The van der Waals surface area contributed by atoms with Crippen LogP contribution >= 0.6 is 0 Å². The predicted octanol–water partition coefficient (Wildman–Crippen LogP) is 1.51. The molecule has 0 N–H and O–H groups in total. The zero-order valence-corrected chi connectivity index (χ0v) is 8.08. The molecule has 1 aliphatic carbocycles. The summed E-state index contributed by atoms with van der Waals surface area (Å²) in [5.41, 5.74) is 0. The van der Waals surface area contributed by atoms with E-state index in [9.17, 15) is 9.00 Å². The minimum atomic E-state index is -0.611. The molecule has 1 fully saturated rings. The van der Waals surface area contributed by atoms with Crippen LogP contribution < -0.4 is 0 Å². The van der Waals surface area contributed by atoms with Crippen LogP contribution in [0.4, 0.5) is 0 Å². The van der Waals surface area contributed by atoms with Gasteiger partial charge < -0.3 is 0 Å². The second-order valence-corrected chi connectivity index (χ2v) is 4.32. The van der Waals surface area contributed by atoms with Gasteiger partial charge in [-0.1, -0.05) is 6.42 Å². The van der Waals surface area contributed by atoms with E-state index in [-0.39, 0.29) is 0 Å². The minimum Gasteiger partial charge on any atom is -0.300 e. The molecule has 0 radical (unpaired) electrons. The minimum absolute atomic E-state index is 0.464. The van der Waals surface area contributed by atoms with Gasteiger partial charge in [0.1, 0.15) is 5.78 Å². The van der Waals surface area contributed by atoms with E-state index in [0.717, 1.165) is 25.7 Å². The number of rotatable bonds is 0. The first-order chi connectivity index (χ1) is 5.13. The summed E-state index contributed by atoms with van der Waals surface area (Å²) in [5.74, 6) is 0.464. The molecule has 0 unspecified atom stereocenters. The van der Waals surface area contributed by atoms with E-state index >= 15 is 0 Å². The van der Waals surface area contributed by atoms with E-state index < -0.39 is 10.8 Å². The van der Waals surface area contributed by atoms with Crippen LogP contribution in [0.5, 0.6) is 0 Å². The van der Waals surface area contributed by atoms with Gasteiger partial charge >= 0.3 is 0 Å². The van der Waals surface area contributed by atoms with Gasteiger partial charge in [-0.2, -0.15) is 0 Å². The van der Waals surface area contributed by atoms with Gasteiger partial charge in [-0.25, -0.2) is 0 Å². The first-order valence-corrected chi connectivity index (χ1v) is 5.86. The Hall–Kier alpha value is -0.180. The molecular weight excluding hydrogens is 160 g/mol. The maximum atomic E-state index is 10.5. The van der Waals surface area contributed by atoms with Gasteiger partial charge in [0.2, 0.25) is 0 Å². The fraction of sp³-hybridized carbons (Fsp3) is 0.875. The standard InChI is InChI=1S/C6H10O.C2H6OS/c7-6-4-2-1-3-5-6;1-4(2)3/h1-5H2;1-2H3. The topological polar surface area (TPSA) is 34.1 Å². The molecule has 3 heteroatoms. The highest BCUT2D eigenvalue weighted by atomic mass is 32.2. The highest BCUT2D eigenvalue weighted by molar-refractivity contribution is 7.83. The van der Waals surface area contributed by atoms with E-state index in [1.165, 1.54) is 6.42 Å². The van der Waals surface area contributed by atoms with Crippen molar-refractivity contribution in [3.8, 4) is 0 Å².